The average Bonchev–Trinajstić information content (AvgIpc) is 2.38. The zero-order valence-electron chi connectivity index (χ0n) is 12.3. The number of nitrogens with zero attached hydrogens (tertiary/aromatic N) is 1. The summed E-state index contributed by atoms with van der Waals surface area (Å²) >= 11 is 5.92. The summed E-state index contributed by atoms with van der Waals surface area (Å²) in [5.74, 6) is -0.690. The third-order valence-electron chi connectivity index (χ3n) is 2.62. The van der Waals surface area contributed by atoms with E-state index in [1.165, 1.54) is 31.4 Å². The Labute approximate surface area is 126 Å². The van der Waals surface area contributed by atoms with Gasteiger partial charge in [0.05, 0.1) is 0 Å². The number of carbonyl (C=O) groups excluding carboxylic acids is 1. The molecular formula is C15H25ClN2O2. The van der Waals surface area contributed by atoms with Crippen LogP contribution in [0.1, 0.15) is 24.8 Å². The van der Waals surface area contributed by atoms with Gasteiger partial charge in [0.25, 0.3) is 0 Å². The molecule has 0 aliphatic rings. The molecule has 0 saturated carbocycles. The van der Waals surface area contributed by atoms with Gasteiger partial charge in [0.15, 0.2) is 0 Å². The van der Waals surface area contributed by atoms with Gasteiger partial charge in [0, 0.05) is 5.02 Å². The monoisotopic (exact) mass is 300 g/mol. The number of hydrogen-bond acceptors (Lipinski definition) is 3. The molecule has 5 heteroatoms. The lowest BCUT2D eigenvalue weighted by molar-refractivity contribution is -0.120. The predicted octanol–water partition coefficient (Wildman–Crippen LogP) is 2.08. The van der Waals surface area contributed by atoms with Gasteiger partial charge < -0.3 is 15.7 Å². The minimum absolute atomic E-state index is 0.556. The van der Waals surface area contributed by atoms with Crippen LogP contribution < -0.4 is 5.73 Å². The Kier molecular flexibility index (Phi) is 11.1. The highest BCUT2D eigenvalue weighted by molar-refractivity contribution is 6.30. The highest BCUT2D eigenvalue weighted by Crippen LogP contribution is 2.13. The van der Waals surface area contributed by atoms with E-state index in [1.54, 1.807) is 0 Å². The maximum Gasteiger partial charge on any atom is 0.243 e. The fourth-order valence-electron chi connectivity index (χ4n) is 1.63. The molecule has 0 heterocycles. The van der Waals surface area contributed by atoms with Crippen molar-refractivity contribution in [1.82, 2.24) is 4.90 Å². The molecule has 114 valence electrons. The number of aliphatic hydroxyl groups excluding tert-OH is 1. The summed E-state index contributed by atoms with van der Waals surface area (Å²) in [4.78, 5) is 11.6. The Balaban J connectivity index is 0.000000621. The lowest BCUT2D eigenvalue weighted by Gasteiger charge is -2.08. The van der Waals surface area contributed by atoms with Crippen molar-refractivity contribution in [2.24, 2.45) is 5.73 Å². The number of amides is 1. The smallest absolute Gasteiger partial charge is 0.243 e. The van der Waals surface area contributed by atoms with Crippen molar-refractivity contribution in [3.63, 3.8) is 0 Å². The maximum atomic E-state index is 9.34. The molecule has 0 unspecified atom stereocenters. The number of hydrogen-bond donors (Lipinski definition) is 2. The summed E-state index contributed by atoms with van der Waals surface area (Å²) in [6.45, 7) is 0.634. The Bertz CT molecular complexity index is 384. The highest BCUT2D eigenvalue weighted by Gasteiger charge is 1.95. The zero-order valence-corrected chi connectivity index (χ0v) is 13.1. The Morgan fingerprint density at radius 2 is 1.95 bits per heavy atom. The van der Waals surface area contributed by atoms with Gasteiger partial charge >= 0.3 is 0 Å². The molecule has 0 aromatic heterocycles. The van der Waals surface area contributed by atoms with Crippen LogP contribution in [0, 0.1) is 0 Å². The van der Waals surface area contributed by atoms with Gasteiger partial charge in [-0.3, -0.25) is 4.79 Å². The van der Waals surface area contributed by atoms with E-state index in [0.29, 0.717) is 0 Å². The fraction of sp³-hybridized carbons (Fsp3) is 0.533. The van der Waals surface area contributed by atoms with Gasteiger partial charge in [0.1, 0.15) is 6.61 Å². The quantitative estimate of drug-likeness (QED) is 0.758. The minimum Gasteiger partial charge on any atom is -0.387 e. The van der Waals surface area contributed by atoms with Crippen LogP contribution in [0.25, 0.3) is 0 Å². The number of aliphatic hydroxyl groups is 1. The van der Waals surface area contributed by atoms with Gasteiger partial charge in [-0.2, -0.15) is 0 Å². The molecule has 1 rings (SSSR count). The van der Waals surface area contributed by atoms with Crippen LogP contribution in [-0.4, -0.2) is 43.2 Å². The van der Waals surface area contributed by atoms with Crippen LogP contribution in [0.15, 0.2) is 24.3 Å². The average molecular weight is 301 g/mol. The molecule has 1 aromatic carbocycles. The summed E-state index contributed by atoms with van der Waals surface area (Å²) in [5, 5.41) is 8.52. The van der Waals surface area contributed by atoms with Gasteiger partial charge in [-0.25, -0.2) is 0 Å². The maximum absolute atomic E-state index is 9.34. The molecule has 0 radical (unpaired) electrons. The first-order valence-electron chi connectivity index (χ1n) is 6.74. The van der Waals surface area contributed by atoms with Crippen LogP contribution in [0.5, 0.6) is 0 Å². The molecule has 4 nitrogen and oxygen atoms in total. The Morgan fingerprint density at radius 3 is 2.45 bits per heavy atom. The lowest BCUT2D eigenvalue weighted by Crippen LogP contribution is -2.14. The summed E-state index contributed by atoms with van der Waals surface area (Å²) in [6, 6.07) is 8.17. The molecule has 0 fully saturated rings. The first kappa shape index (κ1) is 18.9. The van der Waals surface area contributed by atoms with E-state index >= 15 is 0 Å². The largest absolute Gasteiger partial charge is 0.387 e. The minimum atomic E-state index is -0.690. The fourth-order valence-corrected chi connectivity index (χ4v) is 1.84. The highest BCUT2D eigenvalue weighted by atomic mass is 35.5. The summed E-state index contributed by atoms with van der Waals surface area (Å²) in [6.07, 6.45) is 4.99. The second-order valence-corrected chi connectivity index (χ2v) is 5.30. The van der Waals surface area contributed by atoms with Crippen molar-refractivity contribution in [2.75, 3.05) is 27.2 Å². The Morgan fingerprint density at radius 1 is 1.30 bits per heavy atom. The van der Waals surface area contributed by atoms with E-state index in [1.807, 2.05) is 12.1 Å². The number of nitrogens with two attached hydrogens (primary N) is 1. The molecular weight excluding hydrogens is 276 g/mol. The van der Waals surface area contributed by atoms with E-state index < -0.39 is 12.5 Å². The van der Waals surface area contributed by atoms with Crippen molar-refractivity contribution in [3.05, 3.63) is 34.9 Å². The number of benzene rings is 1. The van der Waals surface area contributed by atoms with Crippen LogP contribution in [0.2, 0.25) is 5.02 Å². The van der Waals surface area contributed by atoms with Crippen LogP contribution in [0.3, 0.4) is 0 Å². The molecule has 3 N–H and O–H groups in total. The normalized spacial score (nSPS) is 10.1. The van der Waals surface area contributed by atoms with Gasteiger partial charge in [-0.15, -0.1) is 0 Å². The first-order chi connectivity index (χ1) is 9.45. The summed E-state index contributed by atoms with van der Waals surface area (Å²) in [5.41, 5.74) is 5.76. The van der Waals surface area contributed by atoms with E-state index in [-0.39, 0.29) is 0 Å². The summed E-state index contributed by atoms with van der Waals surface area (Å²) in [7, 11) is 4.24. The van der Waals surface area contributed by atoms with Gasteiger partial charge in [-0.1, -0.05) is 30.2 Å². The molecule has 0 atom stereocenters. The molecule has 0 spiro atoms. The second-order valence-electron chi connectivity index (χ2n) is 4.87. The number of halogens is 1. The standard InChI is InChI=1S/C13H20ClN.C2H5NO2/c1-15(2)10-5-3-4-7-12-8-6-9-13(14)11-12;3-2(5)1-4/h6,8-9,11H,3-5,7,10H2,1-2H3;4H,1H2,(H2,3,5). The number of unbranched alkanes of at least 4 members (excludes halogenated alkanes) is 2. The van der Waals surface area contributed by atoms with Crippen LogP contribution in [0.4, 0.5) is 0 Å². The van der Waals surface area contributed by atoms with Gasteiger partial charge in [-0.05, 0) is 57.6 Å². The third-order valence-corrected chi connectivity index (χ3v) is 2.85. The van der Waals surface area contributed by atoms with Crippen molar-refractivity contribution in [3.8, 4) is 0 Å². The van der Waals surface area contributed by atoms with Crippen molar-refractivity contribution in [1.29, 1.82) is 0 Å². The van der Waals surface area contributed by atoms with E-state index in [2.05, 4.69) is 36.9 Å². The van der Waals surface area contributed by atoms with Crippen LogP contribution >= 0.6 is 11.6 Å². The lowest BCUT2D eigenvalue weighted by atomic mass is 10.1. The molecule has 1 amide bonds. The second kappa shape index (κ2) is 11.7. The molecule has 0 aliphatic heterocycles. The van der Waals surface area contributed by atoms with E-state index in [0.717, 1.165) is 11.4 Å². The SMILES string of the molecule is CN(C)CCCCCc1cccc(Cl)c1.NC(=O)CO. The number of carbonyl (C=O) groups is 1. The third kappa shape index (κ3) is 12.0. The molecule has 1 aromatic rings. The van der Waals surface area contributed by atoms with Crippen molar-refractivity contribution < 1.29 is 9.90 Å². The molecule has 0 bridgehead atoms. The summed E-state index contributed by atoms with van der Waals surface area (Å²) < 4.78 is 0. The van der Waals surface area contributed by atoms with Crippen LogP contribution in [-0.2, 0) is 11.2 Å². The zero-order chi connectivity index (χ0) is 15.4. The molecule has 0 saturated heterocycles. The number of rotatable bonds is 7. The predicted molar refractivity (Wildman–Crippen MR) is 83.8 cm³/mol. The molecule has 20 heavy (non-hydrogen) atoms. The van der Waals surface area contributed by atoms with Crippen molar-refractivity contribution >= 4 is 17.5 Å². The molecule has 0 aliphatic carbocycles. The number of primary amides is 1. The first-order valence-corrected chi connectivity index (χ1v) is 7.12. The van der Waals surface area contributed by atoms with Gasteiger partial charge in [0.2, 0.25) is 5.91 Å². The topological polar surface area (TPSA) is 66.6 Å². The number of aryl methyl sites for hydroxylation is 1. The van der Waals surface area contributed by atoms with E-state index in [9.17, 15) is 4.79 Å². The van der Waals surface area contributed by atoms with E-state index in [4.69, 9.17) is 16.7 Å². The van der Waals surface area contributed by atoms with Crippen molar-refractivity contribution in [2.45, 2.75) is 25.7 Å². The Hall–Kier alpha value is -1.10.